The Morgan fingerprint density at radius 3 is 1.60 bits per heavy atom. The van der Waals surface area contributed by atoms with Crippen molar-refractivity contribution in [3.8, 4) is 12.3 Å². The van der Waals surface area contributed by atoms with Crippen molar-refractivity contribution in [2.45, 2.75) is 156 Å². The number of fused-ring (bicyclic) bond motifs is 4. The maximum atomic E-state index is 13.1. The number of carbonyl (C=O) groups excluding carboxylic acids is 2. The maximum Gasteiger partial charge on any atom is 0.351 e. The number of carbonyl (C=O) groups is 2. The predicted molar refractivity (Wildman–Crippen MR) is 356 cm³/mol. The third kappa shape index (κ3) is 15.7. The second-order valence-electron chi connectivity index (χ2n) is 23.8. The number of hydrogen-bond acceptors (Lipinski definition) is 14. The van der Waals surface area contributed by atoms with Crippen molar-refractivity contribution in [1.29, 1.82) is 0 Å². The first-order valence-corrected chi connectivity index (χ1v) is 31.6. The number of anilines is 2. The number of esters is 2. The molecule has 0 N–H and O–H groups in total. The Hall–Kier alpha value is -9.62. The van der Waals surface area contributed by atoms with Gasteiger partial charge in [0.15, 0.2) is 0 Å². The molecule has 472 valence electrons. The Labute approximate surface area is 531 Å². The summed E-state index contributed by atoms with van der Waals surface area (Å²) in [6, 6.07) is 32.6. The summed E-state index contributed by atoms with van der Waals surface area (Å²) >= 11 is 0. The number of nitrogens with zero attached hydrogens (tertiary/aromatic N) is 11. The van der Waals surface area contributed by atoms with Crippen molar-refractivity contribution in [3.05, 3.63) is 217 Å². The summed E-state index contributed by atoms with van der Waals surface area (Å²) in [6.07, 6.45) is 18.8. The predicted octanol–water partition coefficient (Wildman–Crippen LogP) is 15.3. The van der Waals surface area contributed by atoms with Gasteiger partial charge in [0.25, 0.3) is 0 Å². The van der Waals surface area contributed by atoms with Gasteiger partial charge in [-0.05, 0) is 168 Å². The van der Waals surface area contributed by atoms with Gasteiger partial charge in [0, 0.05) is 82.1 Å². The highest BCUT2D eigenvalue weighted by molar-refractivity contribution is 5.97. The van der Waals surface area contributed by atoms with Gasteiger partial charge in [-0.3, -0.25) is 0 Å². The summed E-state index contributed by atoms with van der Waals surface area (Å²) in [5.41, 5.74) is 31.6. The summed E-state index contributed by atoms with van der Waals surface area (Å²) in [7, 11) is 0. The van der Waals surface area contributed by atoms with Crippen molar-refractivity contribution >= 4 is 45.3 Å². The van der Waals surface area contributed by atoms with Crippen LogP contribution in [0.1, 0.15) is 186 Å². The smallest absolute Gasteiger partial charge is 0.351 e. The molecule has 91 heavy (non-hydrogen) atoms. The van der Waals surface area contributed by atoms with E-state index in [2.05, 4.69) is 128 Å². The van der Waals surface area contributed by atoms with Gasteiger partial charge in [-0.15, -0.1) is 17.4 Å². The van der Waals surface area contributed by atoms with Crippen LogP contribution in [-0.4, -0.2) is 66.3 Å². The number of aromatic nitrogens is 3. The van der Waals surface area contributed by atoms with Crippen LogP contribution >= 0.6 is 0 Å². The van der Waals surface area contributed by atoms with Crippen LogP contribution in [0.4, 0.5) is 11.4 Å². The lowest BCUT2D eigenvalue weighted by molar-refractivity contribution is 0.0495. The zero-order valence-electron chi connectivity index (χ0n) is 51.9. The van der Waals surface area contributed by atoms with Gasteiger partial charge in [0.2, 0.25) is 0 Å². The van der Waals surface area contributed by atoms with E-state index in [4.69, 9.17) is 35.8 Å². The highest BCUT2D eigenvalue weighted by Crippen LogP contribution is 2.42. The largest absolute Gasteiger partial charge is 0.461 e. The fourth-order valence-electron chi connectivity index (χ4n) is 12.9. The average Bonchev–Trinajstić information content (AvgIpc) is 1.00. The van der Waals surface area contributed by atoms with E-state index in [0.29, 0.717) is 61.4 Å². The molecule has 12 rings (SSSR count). The Kier molecular flexibility index (Phi) is 22.6. The minimum Gasteiger partial charge on any atom is -0.461 e. The molecule has 4 aliphatic rings. The highest BCUT2D eigenvalue weighted by Gasteiger charge is 2.30. The summed E-state index contributed by atoms with van der Waals surface area (Å²) in [5.74, 6) is 2.43. The molecule has 7 heterocycles. The monoisotopic (exact) mass is 1230 g/mol. The van der Waals surface area contributed by atoms with Crippen molar-refractivity contribution < 1.29 is 27.9 Å². The molecular weight excluding hydrogens is 1150 g/mol. The molecular formula is C72H81N11O8. The van der Waals surface area contributed by atoms with Gasteiger partial charge < -0.3 is 28.1 Å². The van der Waals surface area contributed by atoms with Crippen LogP contribution in [0, 0.1) is 12.3 Å². The molecule has 19 heteroatoms. The molecule has 0 fully saturated rings. The summed E-state index contributed by atoms with van der Waals surface area (Å²) < 4.78 is 23.8. The molecule has 8 aromatic rings. The standard InChI is InChI=1S/C40H43N7O4.C20H19NO4.C11H15N3.CH4/c1-3-29(20-26(2)30-12-8-27(9-13-30)23-42-44-41)31-14-10-28(11-15-31)25-47-34(24-43-45-47)16-19-50-39(48)36-22-33-21-32-6-4-17-46-18-5-7-35(37(32)46)38(33)51-40(36)49;1-2-3-10-24-19(22)16-12-14-11-13-6-4-8-21-9-5-7-15(17(13)21)18(14)25-20(16)23;1-3-9(2)11-6-4-10(5-7-11)8-13-14-12;/h8-15,21-22,24,26,29H,3-7,16-20,23,25H2,1-2H3;1,11-12H,3-10H2;4-7,9H,3,8H2,1-2H3;1H4. The van der Waals surface area contributed by atoms with Crippen LogP contribution in [0.25, 0.3) is 42.8 Å². The van der Waals surface area contributed by atoms with Crippen LogP contribution in [0.15, 0.2) is 132 Å². The quantitative estimate of drug-likeness (QED) is 0.0131. The highest BCUT2D eigenvalue weighted by atomic mass is 16.5. The lowest BCUT2D eigenvalue weighted by Crippen LogP contribution is -2.34. The molecule has 3 unspecified atom stereocenters. The zero-order valence-corrected chi connectivity index (χ0v) is 51.9. The Morgan fingerprint density at radius 1 is 0.648 bits per heavy atom. The first-order valence-electron chi connectivity index (χ1n) is 31.6. The van der Waals surface area contributed by atoms with Gasteiger partial charge in [-0.25, -0.2) is 23.9 Å². The van der Waals surface area contributed by atoms with E-state index in [9.17, 15) is 19.2 Å². The van der Waals surface area contributed by atoms with Crippen molar-refractivity contribution in [3.63, 3.8) is 0 Å². The molecule has 0 radical (unpaired) electrons. The molecule has 0 bridgehead atoms. The molecule has 0 saturated carbocycles. The lowest BCUT2D eigenvalue weighted by atomic mass is 9.84. The zero-order chi connectivity index (χ0) is 63.1. The minimum absolute atomic E-state index is 0. The molecule has 0 amide bonds. The third-order valence-corrected chi connectivity index (χ3v) is 17.9. The molecule has 3 aromatic heterocycles. The van der Waals surface area contributed by atoms with E-state index >= 15 is 0 Å². The van der Waals surface area contributed by atoms with Gasteiger partial charge in [0.1, 0.15) is 28.9 Å². The number of benzene rings is 5. The van der Waals surface area contributed by atoms with Crippen LogP contribution in [0.5, 0.6) is 0 Å². The fourth-order valence-corrected chi connectivity index (χ4v) is 12.9. The molecule has 0 aliphatic carbocycles. The van der Waals surface area contributed by atoms with Gasteiger partial charge in [-0.2, -0.15) is 0 Å². The molecule has 4 aliphatic heterocycles. The van der Waals surface area contributed by atoms with E-state index in [0.717, 1.165) is 141 Å². The normalized spacial score (nSPS) is 14.4. The fraction of sp³-hybridized carbons (Fsp3) is 0.417. The average molecular weight is 1230 g/mol. The first-order chi connectivity index (χ1) is 43.9. The molecule has 19 nitrogen and oxygen atoms in total. The Balaban J connectivity index is 0.000000201. The topological polar surface area (TPSA) is 248 Å². The van der Waals surface area contributed by atoms with E-state index < -0.39 is 23.2 Å². The van der Waals surface area contributed by atoms with Gasteiger partial charge in [-0.1, -0.05) is 123 Å². The Morgan fingerprint density at radius 2 is 1.12 bits per heavy atom. The number of rotatable bonds is 20. The van der Waals surface area contributed by atoms with Crippen LogP contribution in [-0.2, 0) is 61.2 Å². The van der Waals surface area contributed by atoms with E-state index in [1.807, 2.05) is 35.0 Å². The third-order valence-electron chi connectivity index (χ3n) is 17.9. The summed E-state index contributed by atoms with van der Waals surface area (Å²) in [6.45, 7) is 14.6. The van der Waals surface area contributed by atoms with E-state index in [1.54, 1.807) is 18.3 Å². The lowest BCUT2D eigenvalue weighted by Gasteiger charge is -2.37. The van der Waals surface area contributed by atoms with Gasteiger partial charge >= 0.3 is 23.2 Å². The van der Waals surface area contributed by atoms with Crippen LogP contribution < -0.4 is 21.1 Å². The Bertz CT molecular complexity index is 4130. The van der Waals surface area contributed by atoms with Crippen molar-refractivity contribution in [2.24, 2.45) is 10.2 Å². The number of hydrogen-bond donors (Lipinski definition) is 0. The van der Waals surface area contributed by atoms with E-state index in [-0.39, 0.29) is 31.8 Å². The van der Waals surface area contributed by atoms with Crippen LogP contribution in [0.2, 0.25) is 0 Å². The first kappa shape index (κ1) is 65.8. The SMILES string of the molecule is C.C#CCCOC(=O)c1cc2cc3c4c(c2oc1=O)CCCN4CCC3.CCC(C)c1ccc(CN=[N+]=[N-])cc1.CCC(CC(C)c1ccc(CN=[N+]=[N-])cc1)c1ccc(Cn2nncc2CCOC(=O)c2cc3cc4c5c(c3oc2=O)CCCN5CCC4)cc1. The second-order valence-corrected chi connectivity index (χ2v) is 23.8. The van der Waals surface area contributed by atoms with Crippen LogP contribution in [0.3, 0.4) is 0 Å². The van der Waals surface area contributed by atoms with Crippen molar-refractivity contribution in [2.75, 3.05) is 49.2 Å². The second kappa shape index (κ2) is 31.2. The van der Waals surface area contributed by atoms with Gasteiger partial charge in [0.05, 0.1) is 38.1 Å². The maximum absolute atomic E-state index is 13.1. The molecule has 0 spiro atoms. The van der Waals surface area contributed by atoms with E-state index in [1.165, 1.54) is 39.2 Å². The molecule has 5 aromatic carbocycles. The number of aryl methyl sites for hydroxylation is 4. The molecule has 0 saturated heterocycles. The number of ether oxygens (including phenoxy) is 2. The molecule has 3 atom stereocenters. The number of azide groups is 2. The summed E-state index contributed by atoms with van der Waals surface area (Å²) in [4.78, 5) is 60.9. The van der Waals surface area contributed by atoms with Crippen molar-refractivity contribution in [1.82, 2.24) is 15.0 Å². The minimum atomic E-state index is -0.685. The summed E-state index contributed by atoms with van der Waals surface area (Å²) in [5, 5.41) is 17.1. The number of terminal acetylenes is 1.